The predicted molar refractivity (Wildman–Crippen MR) is 99.6 cm³/mol. The van der Waals surface area contributed by atoms with Crippen LogP contribution in [0.3, 0.4) is 0 Å². The largest absolute Gasteiger partial charge is 0.507 e. The molecule has 23 heavy (non-hydrogen) atoms. The highest BCUT2D eigenvalue weighted by atomic mass is 16.3. The Bertz CT molecular complexity index is 651. The van der Waals surface area contributed by atoms with Gasteiger partial charge in [-0.3, -0.25) is 0 Å². The zero-order chi connectivity index (χ0) is 17.9. The molecule has 2 aromatic rings. The van der Waals surface area contributed by atoms with Crippen LogP contribution in [-0.2, 0) is 0 Å². The highest BCUT2D eigenvalue weighted by molar-refractivity contribution is 5.76. The molecule has 0 heterocycles. The van der Waals surface area contributed by atoms with Crippen molar-refractivity contribution in [3.63, 3.8) is 0 Å². The Kier molecular flexibility index (Phi) is 6.26. The average Bonchev–Trinajstić information content (AvgIpc) is 2.51. The summed E-state index contributed by atoms with van der Waals surface area (Å²) in [5, 5.41) is 20.1. The highest BCUT2D eigenvalue weighted by Crippen LogP contribution is 2.38. The molecule has 0 atom stereocenters. The van der Waals surface area contributed by atoms with Crippen LogP contribution in [0.15, 0.2) is 12.1 Å². The van der Waals surface area contributed by atoms with Crippen LogP contribution in [-0.4, -0.2) is 10.2 Å². The van der Waals surface area contributed by atoms with E-state index in [4.69, 9.17) is 0 Å². The van der Waals surface area contributed by atoms with Gasteiger partial charge in [-0.25, -0.2) is 0 Å². The molecule has 0 aliphatic carbocycles. The van der Waals surface area contributed by atoms with E-state index in [0.29, 0.717) is 11.5 Å². The van der Waals surface area contributed by atoms with Gasteiger partial charge in [0, 0.05) is 0 Å². The molecule has 0 amide bonds. The molecule has 2 heteroatoms. The van der Waals surface area contributed by atoms with E-state index in [2.05, 4.69) is 13.8 Å². The van der Waals surface area contributed by atoms with E-state index in [1.807, 2.05) is 53.7 Å². The first-order valence-corrected chi connectivity index (χ1v) is 8.27. The van der Waals surface area contributed by atoms with Gasteiger partial charge in [0.1, 0.15) is 11.5 Å². The van der Waals surface area contributed by atoms with Crippen molar-refractivity contribution in [1.29, 1.82) is 0 Å². The average molecular weight is 314 g/mol. The van der Waals surface area contributed by atoms with E-state index in [9.17, 15) is 10.2 Å². The van der Waals surface area contributed by atoms with Gasteiger partial charge >= 0.3 is 0 Å². The first-order valence-electron chi connectivity index (χ1n) is 8.27. The minimum Gasteiger partial charge on any atom is -0.507 e. The topological polar surface area (TPSA) is 40.5 Å². The van der Waals surface area contributed by atoms with E-state index in [0.717, 1.165) is 44.5 Å². The normalized spacial score (nSPS) is 10.3. The lowest BCUT2D eigenvalue weighted by Gasteiger charge is -2.18. The summed E-state index contributed by atoms with van der Waals surface area (Å²) in [7, 11) is 0. The van der Waals surface area contributed by atoms with Gasteiger partial charge in [-0.15, -0.1) is 0 Å². The summed E-state index contributed by atoms with van der Waals surface area (Å²) in [5.74, 6) is 0.743. The fraction of sp³-hybridized carbons (Fsp3) is 0.429. The minimum atomic E-state index is 0.371. The zero-order valence-electron chi connectivity index (χ0n) is 15.8. The van der Waals surface area contributed by atoms with Gasteiger partial charge < -0.3 is 10.2 Å². The fourth-order valence-electron chi connectivity index (χ4n) is 2.70. The smallest absolute Gasteiger partial charge is 0.121 e. The van der Waals surface area contributed by atoms with Crippen molar-refractivity contribution in [2.75, 3.05) is 0 Å². The van der Waals surface area contributed by atoms with E-state index in [1.165, 1.54) is 6.42 Å². The van der Waals surface area contributed by atoms with Crippen LogP contribution in [0.4, 0.5) is 0 Å². The molecule has 0 spiro atoms. The number of rotatable bonds is 1. The second kappa shape index (κ2) is 7.54. The fourth-order valence-corrected chi connectivity index (χ4v) is 2.70. The second-order valence-electron chi connectivity index (χ2n) is 6.39. The summed E-state index contributed by atoms with van der Waals surface area (Å²) in [6.45, 7) is 16.0. The summed E-state index contributed by atoms with van der Waals surface area (Å²) < 4.78 is 0. The van der Waals surface area contributed by atoms with Gasteiger partial charge in [0.15, 0.2) is 0 Å². The maximum absolute atomic E-state index is 10.0. The van der Waals surface area contributed by atoms with Gasteiger partial charge in [0.2, 0.25) is 0 Å². The first kappa shape index (κ1) is 19.1. The van der Waals surface area contributed by atoms with Gasteiger partial charge in [0.05, 0.1) is 0 Å². The van der Waals surface area contributed by atoms with Crippen LogP contribution in [0.25, 0.3) is 11.1 Å². The van der Waals surface area contributed by atoms with Crippen LogP contribution in [0, 0.1) is 41.5 Å². The molecule has 0 radical (unpaired) electrons. The van der Waals surface area contributed by atoms with Crippen molar-refractivity contribution >= 4 is 0 Å². The predicted octanol–water partition coefficient (Wildman–Crippen LogP) is 6.03. The summed E-state index contributed by atoms with van der Waals surface area (Å²) in [6, 6.07) is 4.05. The number of phenolic OH excluding ortho intramolecular Hbond substituents is 2. The first-order chi connectivity index (χ1) is 10.7. The molecule has 0 fully saturated rings. The Hall–Kier alpha value is -1.96. The van der Waals surface area contributed by atoms with E-state index in [-0.39, 0.29) is 0 Å². The Labute approximate surface area is 140 Å². The Morgan fingerprint density at radius 3 is 1.13 bits per heavy atom. The van der Waals surface area contributed by atoms with Crippen molar-refractivity contribution in [3.05, 3.63) is 45.5 Å². The number of hydrogen-bond acceptors (Lipinski definition) is 2. The molecule has 0 saturated heterocycles. The maximum atomic E-state index is 10.0. The molecule has 2 N–H and O–H groups in total. The van der Waals surface area contributed by atoms with Crippen LogP contribution in [0.2, 0.25) is 0 Å². The van der Waals surface area contributed by atoms with Crippen molar-refractivity contribution in [3.8, 4) is 22.6 Å². The number of benzene rings is 2. The minimum absolute atomic E-state index is 0.371. The van der Waals surface area contributed by atoms with Crippen molar-refractivity contribution in [2.45, 2.75) is 61.8 Å². The number of aryl methyl sites for hydroxylation is 2. The Morgan fingerprint density at radius 1 is 0.609 bits per heavy atom. The third-order valence-electron chi connectivity index (χ3n) is 4.40. The number of phenols is 2. The lowest BCUT2D eigenvalue weighted by Crippen LogP contribution is -1.96. The molecule has 0 unspecified atom stereocenters. The van der Waals surface area contributed by atoms with Gasteiger partial charge in [-0.2, -0.15) is 0 Å². The molecule has 0 aliphatic heterocycles. The summed E-state index contributed by atoms with van der Waals surface area (Å²) in [6.07, 6.45) is 1.25. The molecule has 0 aliphatic rings. The third kappa shape index (κ3) is 3.69. The Morgan fingerprint density at radius 2 is 0.870 bits per heavy atom. The van der Waals surface area contributed by atoms with Crippen LogP contribution in [0.1, 0.15) is 53.6 Å². The van der Waals surface area contributed by atoms with Gasteiger partial charge in [-0.05, 0) is 98.2 Å². The molecule has 126 valence electrons. The van der Waals surface area contributed by atoms with Crippen LogP contribution in [0.5, 0.6) is 11.5 Å². The van der Waals surface area contributed by atoms with Crippen molar-refractivity contribution < 1.29 is 10.2 Å². The summed E-state index contributed by atoms with van der Waals surface area (Å²) >= 11 is 0. The summed E-state index contributed by atoms with van der Waals surface area (Å²) in [4.78, 5) is 0. The van der Waals surface area contributed by atoms with Crippen molar-refractivity contribution in [1.82, 2.24) is 0 Å². The third-order valence-corrected chi connectivity index (χ3v) is 4.40. The second-order valence-corrected chi connectivity index (χ2v) is 6.39. The number of hydrogen-bond donors (Lipinski definition) is 2. The SMILES string of the molecule is CCC.Cc1cc(-c2cc(C)c(O)c(C)c2C)c(C)c(C)c1O. The molecule has 0 aromatic heterocycles. The molecular formula is C21H30O2. The van der Waals surface area contributed by atoms with E-state index in [1.54, 1.807) is 0 Å². The lowest BCUT2D eigenvalue weighted by molar-refractivity contribution is 0.465. The van der Waals surface area contributed by atoms with Crippen molar-refractivity contribution in [2.24, 2.45) is 0 Å². The molecule has 2 rings (SSSR count). The molecule has 0 bridgehead atoms. The molecule has 2 nitrogen and oxygen atoms in total. The maximum Gasteiger partial charge on any atom is 0.121 e. The molecule has 2 aromatic carbocycles. The lowest BCUT2D eigenvalue weighted by atomic mass is 9.88. The zero-order valence-corrected chi connectivity index (χ0v) is 15.8. The standard InChI is InChI=1S/C18H22O2.C3H8/c1-9-7-15(11(3)13(5)17(9)19)16-8-10(2)18(20)14(6)12(16)4;1-3-2/h7-8,19-20H,1-6H3;3H2,1-2H3. The van der Waals surface area contributed by atoms with E-state index < -0.39 is 0 Å². The number of aromatic hydroxyl groups is 2. The Balaban J connectivity index is 0.000000816. The van der Waals surface area contributed by atoms with Crippen LogP contribution >= 0.6 is 0 Å². The van der Waals surface area contributed by atoms with Crippen LogP contribution < -0.4 is 0 Å². The quantitative estimate of drug-likeness (QED) is 0.674. The highest BCUT2D eigenvalue weighted by Gasteiger charge is 2.15. The summed E-state index contributed by atoms with van der Waals surface area (Å²) in [5.41, 5.74) is 8.02. The van der Waals surface area contributed by atoms with Gasteiger partial charge in [0.25, 0.3) is 0 Å². The van der Waals surface area contributed by atoms with E-state index >= 15 is 0 Å². The molecule has 0 saturated carbocycles. The van der Waals surface area contributed by atoms with Gasteiger partial charge in [-0.1, -0.05) is 20.3 Å². The monoisotopic (exact) mass is 314 g/mol. The molecular weight excluding hydrogens is 284 g/mol.